The Hall–Kier alpha value is -1.45. The fourth-order valence-corrected chi connectivity index (χ4v) is 2.17. The second kappa shape index (κ2) is 6.12. The second-order valence-electron chi connectivity index (χ2n) is 4.15. The first-order chi connectivity index (χ1) is 9.81. The zero-order valence-electron chi connectivity index (χ0n) is 10.9. The molecule has 0 aromatic heterocycles. The number of halogens is 4. The third-order valence-corrected chi connectivity index (χ3v) is 3.44. The van der Waals surface area contributed by atoms with E-state index in [1.54, 1.807) is 18.2 Å². The lowest BCUT2D eigenvalue weighted by Gasteiger charge is -2.13. The lowest BCUT2D eigenvalue weighted by Crippen LogP contribution is -2.09. The van der Waals surface area contributed by atoms with Crippen molar-refractivity contribution in [3.8, 4) is 17.2 Å². The third-order valence-electron chi connectivity index (χ3n) is 2.70. The molecule has 0 bridgehead atoms. The highest BCUT2D eigenvalue weighted by atomic mass is 35.5. The summed E-state index contributed by atoms with van der Waals surface area (Å²) in [5.74, 6) is 1.17. The summed E-state index contributed by atoms with van der Waals surface area (Å²) in [5, 5.41) is 0.593. The quantitative estimate of drug-likeness (QED) is 0.760. The minimum atomic E-state index is -4.39. The SMILES string of the molecule is COc1ccc(Oc2ccc(C(F)(F)F)cc2P)c(Cl)c1. The standard InChI is InChI=1S/C14H11ClF3O2P/c1-19-9-3-5-11(10(15)7-9)20-12-4-2-8(6-13(12)21)14(16,17)18/h2-7H,21H2,1H3. The lowest BCUT2D eigenvalue weighted by atomic mass is 10.2. The van der Waals surface area contributed by atoms with Crippen LogP contribution in [0.25, 0.3) is 0 Å². The largest absolute Gasteiger partial charge is 0.497 e. The van der Waals surface area contributed by atoms with Crippen LogP contribution in [-0.4, -0.2) is 7.11 Å². The molecule has 1 atom stereocenters. The van der Waals surface area contributed by atoms with Gasteiger partial charge in [-0.1, -0.05) is 11.6 Å². The number of ether oxygens (including phenoxy) is 2. The van der Waals surface area contributed by atoms with Gasteiger partial charge in [0.05, 0.1) is 17.7 Å². The molecule has 0 aliphatic heterocycles. The maximum absolute atomic E-state index is 12.6. The number of alkyl halides is 3. The molecule has 2 rings (SSSR count). The molecule has 112 valence electrons. The van der Waals surface area contributed by atoms with Gasteiger partial charge in [-0.25, -0.2) is 0 Å². The molecule has 7 heteroatoms. The molecule has 2 aromatic carbocycles. The van der Waals surface area contributed by atoms with Crippen molar-refractivity contribution in [2.24, 2.45) is 0 Å². The van der Waals surface area contributed by atoms with Crippen molar-refractivity contribution >= 4 is 26.1 Å². The van der Waals surface area contributed by atoms with E-state index in [1.165, 1.54) is 13.2 Å². The Labute approximate surface area is 127 Å². The van der Waals surface area contributed by atoms with Crippen LogP contribution in [0.2, 0.25) is 5.02 Å². The van der Waals surface area contributed by atoms with Crippen molar-refractivity contribution in [3.05, 3.63) is 47.0 Å². The smallest absolute Gasteiger partial charge is 0.416 e. The molecule has 0 aliphatic rings. The van der Waals surface area contributed by atoms with Gasteiger partial charge in [-0.05, 0) is 30.3 Å². The van der Waals surface area contributed by atoms with Gasteiger partial charge in [-0.15, -0.1) is 9.24 Å². The van der Waals surface area contributed by atoms with E-state index in [4.69, 9.17) is 21.1 Å². The fraction of sp³-hybridized carbons (Fsp3) is 0.143. The van der Waals surface area contributed by atoms with E-state index in [0.717, 1.165) is 12.1 Å². The highest BCUT2D eigenvalue weighted by Crippen LogP contribution is 2.34. The van der Waals surface area contributed by atoms with E-state index in [0.29, 0.717) is 16.5 Å². The van der Waals surface area contributed by atoms with Gasteiger partial charge in [0, 0.05) is 11.4 Å². The van der Waals surface area contributed by atoms with E-state index in [-0.39, 0.29) is 11.1 Å². The number of rotatable bonds is 3. The average Bonchev–Trinajstić information content (AvgIpc) is 2.41. The highest BCUT2D eigenvalue weighted by Gasteiger charge is 2.30. The molecular weight excluding hydrogens is 324 g/mol. The predicted octanol–water partition coefficient (Wildman–Crippen LogP) is 4.66. The summed E-state index contributed by atoms with van der Waals surface area (Å²) in [4.78, 5) is 0. The molecule has 0 fully saturated rings. The Morgan fingerprint density at radius 3 is 2.24 bits per heavy atom. The summed E-state index contributed by atoms with van der Waals surface area (Å²) in [7, 11) is 3.72. The summed E-state index contributed by atoms with van der Waals surface area (Å²) in [6, 6.07) is 8.00. The summed E-state index contributed by atoms with van der Waals surface area (Å²) in [5.41, 5.74) is -0.735. The van der Waals surface area contributed by atoms with Crippen LogP contribution in [0.1, 0.15) is 5.56 Å². The topological polar surface area (TPSA) is 18.5 Å². The van der Waals surface area contributed by atoms with Gasteiger partial charge >= 0.3 is 6.18 Å². The van der Waals surface area contributed by atoms with Crippen molar-refractivity contribution < 1.29 is 22.6 Å². The van der Waals surface area contributed by atoms with Crippen LogP contribution in [0.3, 0.4) is 0 Å². The minimum Gasteiger partial charge on any atom is -0.497 e. The molecule has 0 saturated carbocycles. The van der Waals surface area contributed by atoms with Crippen LogP contribution in [0.5, 0.6) is 17.2 Å². The molecule has 0 saturated heterocycles. The lowest BCUT2D eigenvalue weighted by molar-refractivity contribution is -0.137. The minimum absolute atomic E-state index is 0.278. The molecule has 21 heavy (non-hydrogen) atoms. The highest BCUT2D eigenvalue weighted by molar-refractivity contribution is 7.27. The maximum atomic E-state index is 12.6. The van der Waals surface area contributed by atoms with Gasteiger partial charge in [0.2, 0.25) is 0 Å². The fourth-order valence-electron chi connectivity index (χ4n) is 1.63. The van der Waals surface area contributed by atoms with Crippen molar-refractivity contribution in [2.45, 2.75) is 6.18 Å². The van der Waals surface area contributed by atoms with Crippen LogP contribution in [0.15, 0.2) is 36.4 Å². The summed E-state index contributed by atoms with van der Waals surface area (Å²) < 4.78 is 48.3. The molecule has 1 unspecified atom stereocenters. The monoisotopic (exact) mass is 334 g/mol. The molecule has 0 aliphatic carbocycles. The summed E-state index contributed by atoms with van der Waals surface area (Å²) in [6.07, 6.45) is -4.39. The molecule has 0 amide bonds. The summed E-state index contributed by atoms with van der Waals surface area (Å²) in [6.45, 7) is 0. The number of hydrogen-bond acceptors (Lipinski definition) is 2. The first kappa shape index (κ1) is 15.9. The number of benzene rings is 2. The summed E-state index contributed by atoms with van der Waals surface area (Å²) >= 11 is 6.02. The normalized spacial score (nSPS) is 11.3. The van der Waals surface area contributed by atoms with E-state index in [1.807, 2.05) is 0 Å². The zero-order chi connectivity index (χ0) is 15.6. The first-order valence-electron chi connectivity index (χ1n) is 5.79. The van der Waals surface area contributed by atoms with Gasteiger partial charge < -0.3 is 9.47 Å². The van der Waals surface area contributed by atoms with Gasteiger partial charge in [0.25, 0.3) is 0 Å². The molecule has 0 radical (unpaired) electrons. The van der Waals surface area contributed by atoms with Crippen LogP contribution in [0.4, 0.5) is 13.2 Å². The number of methoxy groups -OCH3 is 1. The second-order valence-corrected chi connectivity index (χ2v) is 5.18. The average molecular weight is 335 g/mol. The molecular formula is C14H11ClF3O2P. The third kappa shape index (κ3) is 3.80. The molecule has 2 aromatic rings. The van der Waals surface area contributed by atoms with Crippen LogP contribution in [0, 0.1) is 0 Å². The maximum Gasteiger partial charge on any atom is 0.416 e. The van der Waals surface area contributed by atoms with E-state index in [9.17, 15) is 13.2 Å². The van der Waals surface area contributed by atoms with Gasteiger partial charge in [-0.3, -0.25) is 0 Å². The van der Waals surface area contributed by atoms with Crippen molar-refractivity contribution in [2.75, 3.05) is 7.11 Å². The van der Waals surface area contributed by atoms with Crippen molar-refractivity contribution in [3.63, 3.8) is 0 Å². The van der Waals surface area contributed by atoms with E-state index < -0.39 is 11.7 Å². The van der Waals surface area contributed by atoms with Gasteiger partial charge in [-0.2, -0.15) is 13.2 Å². The van der Waals surface area contributed by atoms with Gasteiger partial charge in [0.15, 0.2) is 0 Å². The molecule has 0 spiro atoms. The number of hydrogen-bond donors (Lipinski definition) is 0. The Bertz CT molecular complexity index is 659. The van der Waals surface area contributed by atoms with E-state index in [2.05, 4.69) is 9.24 Å². The Balaban J connectivity index is 2.28. The first-order valence-corrected chi connectivity index (χ1v) is 6.75. The van der Waals surface area contributed by atoms with Crippen LogP contribution < -0.4 is 14.8 Å². The zero-order valence-corrected chi connectivity index (χ0v) is 12.8. The Morgan fingerprint density at radius 1 is 1.05 bits per heavy atom. The van der Waals surface area contributed by atoms with Crippen LogP contribution in [-0.2, 0) is 6.18 Å². The molecule has 0 heterocycles. The Kier molecular flexibility index (Phi) is 4.64. The molecule has 0 N–H and O–H groups in total. The van der Waals surface area contributed by atoms with Crippen LogP contribution >= 0.6 is 20.8 Å². The predicted molar refractivity (Wildman–Crippen MR) is 78.9 cm³/mol. The van der Waals surface area contributed by atoms with E-state index >= 15 is 0 Å². The van der Waals surface area contributed by atoms with Crippen molar-refractivity contribution in [1.82, 2.24) is 0 Å². The van der Waals surface area contributed by atoms with Crippen molar-refractivity contribution in [1.29, 1.82) is 0 Å². The Morgan fingerprint density at radius 2 is 1.71 bits per heavy atom. The van der Waals surface area contributed by atoms with Gasteiger partial charge in [0.1, 0.15) is 17.2 Å². The molecule has 2 nitrogen and oxygen atoms in total.